The van der Waals surface area contributed by atoms with E-state index in [1.807, 2.05) is 0 Å². The predicted octanol–water partition coefficient (Wildman–Crippen LogP) is 2.43. The molecule has 0 aliphatic carbocycles. The summed E-state index contributed by atoms with van der Waals surface area (Å²) in [7, 11) is -3.18. The van der Waals surface area contributed by atoms with Crippen LogP contribution in [-0.2, 0) is 9.84 Å². The molecule has 0 spiro atoms. The summed E-state index contributed by atoms with van der Waals surface area (Å²) in [6.45, 7) is 3.22. The Balaban J connectivity index is 2.75. The number of sulfone groups is 1. The van der Waals surface area contributed by atoms with Crippen LogP contribution in [0.15, 0.2) is 22.7 Å². The van der Waals surface area contributed by atoms with Crippen molar-refractivity contribution >= 4 is 37.2 Å². The van der Waals surface area contributed by atoms with Crippen molar-refractivity contribution < 1.29 is 13.2 Å². The Labute approximate surface area is 116 Å². The third-order valence-corrected chi connectivity index (χ3v) is 5.55. The van der Waals surface area contributed by atoms with Crippen LogP contribution in [0.1, 0.15) is 30.6 Å². The number of benzene rings is 1. The van der Waals surface area contributed by atoms with Crippen molar-refractivity contribution in [2.45, 2.75) is 25.5 Å². The minimum Gasteiger partial charge on any atom is -0.398 e. The number of rotatable bonds is 5. The Morgan fingerprint density at radius 1 is 1.39 bits per heavy atom. The van der Waals surface area contributed by atoms with Crippen molar-refractivity contribution in [1.82, 2.24) is 0 Å². The highest BCUT2D eigenvalue weighted by atomic mass is 79.9. The van der Waals surface area contributed by atoms with E-state index in [2.05, 4.69) is 15.9 Å². The SMILES string of the molecule is CC(C)S(=O)(=O)CCC(=O)c1ccc(N)c(Br)c1. The Morgan fingerprint density at radius 2 is 2.00 bits per heavy atom. The molecule has 0 saturated carbocycles. The van der Waals surface area contributed by atoms with Gasteiger partial charge in [-0.3, -0.25) is 4.79 Å². The van der Waals surface area contributed by atoms with Crippen molar-refractivity contribution in [3.8, 4) is 0 Å². The highest BCUT2D eigenvalue weighted by Gasteiger charge is 2.18. The molecule has 0 amide bonds. The standard InChI is InChI=1S/C12H16BrNO3S/c1-8(2)18(16,17)6-5-12(15)9-3-4-11(14)10(13)7-9/h3-4,7-8H,5-6,14H2,1-2H3. The molecule has 0 unspecified atom stereocenters. The molecule has 0 bridgehead atoms. The minimum atomic E-state index is -3.18. The van der Waals surface area contributed by atoms with Gasteiger partial charge >= 0.3 is 0 Å². The average Bonchev–Trinajstić information content (AvgIpc) is 2.29. The number of hydrogen-bond donors (Lipinski definition) is 1. The van der Waals surface area contributed by atoms with E-state index in [1.54, 1.807) is 32.0 Å². The zero-order valence-corrected chi connectivity index (χ0v) is 12.7. The van der Waals surface area contributed by atoms with Crippen LogP contribution in [-0.4, -0.2) is 25.2 Å². The molecule has 2 N–H and O–H groups in total. The third-order valence-electron chi connectivity index (χ3n) is 2.65. The quantitative estimate of drug-likeness (QED) is 0.663. The first-order valence-corrected chi connectivity index (χ1v) is 8.04. The van der Waals surface area contributed by atoms with Gasteiger partial charge in [-0.15, -0.1) is 0 Å². The number of hydrogen-bond acceptors (Lipinski definition) is 4. The van der Waals surface area contributed by atoms with E-state index < -0.39 is 15.1 Å². The van der Waals surface area contributed by atoms with E-state index in [9.17, 15) is 13.2 Å². The topological polar surface area (TPSA) is 77.2 Å². The first-order chi connectivity index (χ1) is 8.24. The smallest absolute Gasteiger partial charge is 0.163 e. The molecule has 4 nitrogen and oxygen atoms in total. The lowest BCUT2D eigenvalue weighted by molar-refractivity contribution is 0.0988. The Morgan fingerprint density at radius 3 is 2.50 bits per heavy atom. The highest BCUT2D eigenvalue weighted by molar-refractivity contribution is 9.10. The van der Waals surface area contributed by atoms with Crippen molar-refractivity contribution in [1.29, 1.82) is 0 Å². The van der Waals surface area contributed by atoms with Gasteiger partial charge < -0.3 is 5.73 Å². The number of ketones is 1. The van der Waals surface area contributed by atoms with Crippen LogP contribution in [0.2, 0.25) is 0 Å². The van der Waals surface area contributed by atoms with Gasteiger partial charge in [0.2, 0.25) is 0 Å². The number of carbonyl (C=O) groups is 1. The van der Waals surface area contributed by atoms with Crippen LogP contribution in [0.4, 0.5) is 5.69 Å². The van der Waals surface area contributed by atoms with Crippen LogP contribution < -0.4 is 5.73 Å². The molecule has 0 atom stereocenters. The molecule has 0 saturated heterocycles. The monoisotopic (exact) mass is 333 g/mol. The van der Waals surface area contributed by atoms with E-state index in [1.165, 1.54) is 0 Å². The van der Waals surface area contributed by atoms with E-state index in [0.29, 0.717) is 15.7 Å². The molecule has 0 aliphatic heterocycles. The summed E-state index contributed by atoms with van der Waals surface area (Å²) in [6.07, 6.45) is -0.00310. The number of carbonyl (C=O) groups excluding carboxylic acids is 1. The fraction of sp³-hybridized carbons (Fsp3) is 0.417. The van der Waals surface area contributed by atoms with Crippen LogP contribution in [0, 0.1) is 0 Å². The number of nitrogens with two attached hydrogens (primary N) is 1. The molecule has 6 heteroatoms. The van der Waals surface area contributed by atoms with Gasteiger partial charge in [0.15, 0.2) is 15.6 Å². The molecule has 100 valence electrons. The van der Waals surface area contributed by atoms with E-state index >= 15 is 0 Å². The van der Waals surface area contributed by atoms with Crippen LogP contribution in [0.25, 0.3) is 0 Å². The van der Waals surface area contributed by atoms with Crippen LogP contribution in [0.3, 0.4) is 0 Å². The van der Waals surface area contributed by atoms with Gasteiger partial charge in [0.05, 0.1) is 11.0 Å². The molecule has 1 rings (SSSR count). The van der Waals surface area contributed by atoms with Gasteiger partial charge in [0.25, 0.3) is 0 Å². The normalized spacial score (nSPS) is 11.8. The van der Waals surface area contributed by atoms with Crippen LogP contribution >= 0.6 is 15.9 Å². The molecule has 1 aromatic rings. The summed E-state index contributed by atoms with van der Waals surface area (Å²) in [5.74, 6) is -0.314. The minimum absolute atomic E-state index is 0.00310. The van der Waals surface area contributed by atoms with Crippen LogP contribution in [0.5, 0.6) is 0 Å². The predicted molar refractivity (Wildman–Crippen MR) is 76.4 cm³/mol. The zero-order chi connectivity index (χ0) is 13.9. The second-order valence-corrected chi connectivity index (χ2v) is 7.86. The van der Waals surface area contributed by atoms with Crippen molar-refractivity contribution in [2.75, 3.05) is 11.5 Å². The molecule has 0 heterocycles. The molecule has 1 aromatic carbocycles. The Bertz CT molecular complexity index is 552. The number of Topliss-reactive ketones (excluding diaryl/α,β-unsaturated/α-hetero) is 1. The number of nitrogen functional groups attached to an aromatic ring is 1. The van der Waals surface area contributed by atoms with E-state index in [0.717, 1.165) is 0 Å². The van der Waals surface area contributed by atoms with Crippen molar-refractivity contribution in [3.63, 3.8) is 0 Å². The summed E-state index contributed by atoms with van der Waals surface area (Å²) in [5.41, 5.74) is 6.63. The summed E-state index contributed by atoms with van der Waals surface area (Å²) in [5, 5.41) is -0.455. The first kappa shape index (κ1) is 15.2. The molecule has 0 radical (unpaired) electrons. The highest BCUT2D eigenvalue weighted by Crippen LogP contribution is 2.21. The van der Waals surface area contributed by atoms with Gasteiger partial charge in [-0.2, -0.15) is 0 Å². The fourth-order valence-corrected chi connectivity index (χ4v) is 2.64. The zero-order valence-electron chi connectivity index (χ0n) is 10.3. The first-order valence-electron chi connectivity index (χ1n) is 5.54. The molecular formula is C12H16BrNO3S. The van der Waals surface area contributed by atoms with Gasteiger partial charge in [-0.1, -0.05) is 0 Å². The maximum absolute atomic E-state index is 11.9. The Hall–Kier alpha value is -0.880. The van der Waals surface area contributed by atoms with E-state index in [-0.39, 0.29) is 18.0 Å². The summed E-state index contributed by atoms with van der Waals surface area (Å²) >= 11 is 3.23. The van der Waals surface area contributed by atoms with Crippen molar-refractivity contribution in [3.05, 3.63) is 28.2 Å². The number of anilines is 1. The molecular weight excluding hydrogens is 318 g/mol. The lowest BCUT2D eigenvalue weighted by Crippen LogP contribution is -2.19. The lowest BCUT2D eigenvalue weighted by atomic mass is 10.1. The summed E-state index contributed by atoms with van der Waals surface area (Å²) in [6, 6.07) is 4.83. The van der Waals surface area contributed by atoms with Gasteiger partial charge in [0, 0.05) is 22.1 Å². The second-order valence-electron chi connectivity index (χ2n) is 4.33. The van der Waals surface area contributed by atoms with Gasteiger partial charge in [-0.05, 0) is 48.0 Å². The third kappa shape index (κ3) is 3.81. The lowest BCUT2D eigenvalue weighted by Gasteiger charge is -2.07. The average molecular weight is 334 g/mol. The largest absolute Gasteiger partial charge is 0.398 e. The summed E-state index contributed by atoms with van der Waals surface area (Å²) < 4.78 is 23.9. The summed E-state index contributed by atoms with van der Waals surface area (Å²) in [4.78, 5) is 11.9. The van der Waals surface area contributed by atoms with Gasteiger partial charge in [0.1, 0.15) is 0 Å². The maximum atomic E-state index is 11.9. The Kier molecular flexibility index (Phi) is 4.92. The van der Waals surface area contributed by atoms with Gasteiger partial charge in [-0.25, -0.2) is 8.42 Å². The maximum Gasteiger partial charge on any atom is 0.163 e. The molecule has 0 fully saturated rings. The molecule has 0 aliphatic rings. The molecule has 18 heavy (non-hydrogen) atoms. The van der Waals surface area contributed by atoms with Crippen molar-refractivity contribution in [2.24, 2.45) is 0 Å². The number of halogens is 1. The second kappa shape index (κ2) is 5.84. The fourth-order valence-electron chi connectivity index (χ4n) is 1.32. The van der Waals surface area contributed by atoms with E-state index in [4.69, 9.17) is 5.73 Å². The molecule has 0 aromatic heterocycles.